The van der Waals surface area contributed by atoms with Crippen LogP contribution < -0.4 is 14.9 Å². The first-order chi connectivity index (χ1) is 27.0. The average Bonchev–Trinajstić information content (AvgIpc) is 3.67. The Morgan fingerprint density at radius 1 is 0.818 bits per heavy atom. The van der Waals surface area contributed by atoms with Crippen LogP contribution in [0.4, 0.5) is 0 Å². The van der Waals surface area contributed by atoms with Crippen molar-refractivity contribution < 1.29 is 38.0 Å². The average molecular weight is 749 g/mol. The fourth-order valence-corrected chi connectivity index (χ4v) is 5.85. The van der Waals surface area contributed by atoms with Gasteiger partial charge in [0.15, 0.2) is 5.76 Å². The topological polar surface area (TPSA) is 148 Å². The summed E-state index contributed by atoms with van der Waals surface area (Å²) in [6.45, 7) is 4.54. The Morgan fingerprint density at radius 2 is 1.56 bits per heavy atom. The van der Waals surface area contributed by atoms with E-state index >= 15 is 0 Å². The molecule has 0 atom stereocenters. The second-order valence-electron chi connectivity index (χ2n) is 12.6. The third-order valence-electron chi connectivity index (χ3n) is 8.57. The number of aromatic nitrogens is 3. The summed E-state index contributed by atoms with van der Waals surface area (Å²) in [4.78, 5) is 27.7. The number of hydrogen-bond acceptors (Lipinski definition) is 12. The molecule has 0 spiro atoms. The Labute approximate surface area is 318 Å². The van der Waals surface area contributed by atoms with Gasteiger partial charge in [0.25, 0.3) is 0 Å². The van der Waals surface area contributed by atoms with Gasteiger partial charge in [-0.3, -0.25) is 9.69 Å². The van der Waals surface area contributed by atoms with E-state index in [1.165, 1.54) is 12.7 Å². The Morgan fingerprint density at radius 3 is 2.36 bits per heavy atom. The molecule has 1 N–H and O–H groups in total. The van der Waals surface area contributed by atoms with Gasteiger partial charge in [0.05, 0.1) is 63.3 Å². The lowest BCUT2D eigenvalue weighted by Crippen LogP contribution is -2.26. The van der Waals surface area contributed by atoms with Crippen LogP contribution in [-0.4, -0.2) is 84.3 Å². The van der Waals surface area contributed by atoms with E-state index in [0.29, 0.717) is 86.1 Å². The van der Waals surface area contributed by atoms with Gasteiger partial charge in [0.2, 0.25) is 11.2 Å². The number of fused-ring (bicyclic) bond motifs is 1. The van der Waals surface area contributed by atoms with E-state index in [9.17, 15) is 14.7 Å². The summed E-state index contributed by atoms with van der Waals surface area (Å²) in [5.41, 5.74) is 3.86. The van der Waals surface area contributed by atoms with Crippen LogP contribution in [0.25, 0.3) is 22.3 Å². The summed E-state index contributed by atoms with van der Waals surface area (Å²) >= 11 is 0. The van der Waals surface area contributed by atoms with Gasteiger partial charge in [-0.15, -0.1) is 5.10 Å². The van der Waals surface area contributed by atoms with Gasteiger partial charge < -0.3 is 33.2 Å². The maximum Gasteiger partial charge on any atom is 0.337 e. The third kappa shape index (κ3) is 11.1. The quantitative estimate of drug-likeness (QED) is 0.0730. The van der Waals surface area contributed by atoms with Crippen molar-refractivity contribution in [2.24, 2.45) is 0 Å². The van der Waals surface area contributed by atoms with Crippen LogP contribution in [0.15, 0.2) is 119 Å². The van der Waals surface area contributed by atoms with Crippen molar-refractivity contribution in [3.8, 4) is 22.8 Å². The summed E-state index contributed by atoms with van der Waals surface area (Å²) in [5, 5.41) is 18.4. The number of hydrogen-bond donors (Lipinski definition) is 1. The van der Waals surface area contributed by atoms with Crippen molar-refractivity contribution in [2.45, 2.75) is 26.2 Å². The smallest absolute Gasteiger partial charge is 0.337 e. The monoisotopic (exact) mass is 748 g/mol. The molecule has 0 saturated carbocycles. The first kappa shape index (κ1) is 38.9. The number of methoxy groups -OCH3 is 1. The lowest BCUT2D eigenvalue weighted by atomic mass is 10.1. The highest BCUT2D eigenvalue weighted by atomic mass is 16.5. The molecular formula is C42H44N4O9. The number of rotatable bonds is 21. The molecule has 13 nitrogen and oxygen atoms in total. The standard InChI is InChI=1S/C42H44N4O9/c1-50-42(49)34-11-7-10-32(26-34)30-54-41-39(48)37-12-5-6-13-38(37)55-40(41)33-14-16-36(17-15-33)53-25-24-52-23-22-51-21-19-46-29-35(43-44-46)28-45(18-20-47)27-31-8-3-2-4-9-31/h2-17,26,29,47H,18-25,27-28,30H2,1H3. The van der Waals surface area contributed by atoms with Crippen LogP contribution in [0.3, 0.4) is 0 Å². The predicted molar refractivity (Wildman–Crippen MR) is 205 cm³/mol. The van der Waals surface area contributed by atoms with Crippen molar-refractivity contribution in [1.82, 2.24) is 19.9 Å². The van der Waals surface area contributed by atoms with Gasteiger partial charge in [-0.25, -0.2) is 9.48 Å². The predicted octanol–water partition coefficient (Wildman–Crippen LogP) is 5.52. The molecule has 0 aliphatic heterocycles. The summed E-state index contributed by atoms with van der Waals surface area (Å²) < 4.78 is 36.1. The molecular weight excluding hydrogens is 704 g/mol. The molecule has 0 aliphatic rings. The van der Waals surface area contributed by atoms with Gasteiger partial charge in [0.1, 0.15) is 24.5 Å². The minimum Gasteiger partial charge on any atom is -0.491 e. The largest absolute Gasteiger partial charge is 0.491 e. The number of carbonyl (C=O) groups excluding carboxylic acids is 1. The van der Waals surface area contributed by atoms with E-state index in [4.69, 9.17) is 28.1 Å². The van der Waals surface area contributed by atoms with Crippen LogP contribution in [0.2, 0.25) is 0 Å². The summed E-state index contributed by atoms with van der Waals surface area (Å²) in [5.74, 6) is 0.522. The number of ether oxygens (including phenoxy) is 5. The molecule has 0 fully saturated rings. The SMILES string of the molecule is COC(=O)c1cccc(COc2c(-c3ccc(OCCOCCOCCn4cc(CN(CCO)Cc5ccccc5)nn4)cc3)oc3ccccc3c2=O)c1. The van der Waals surface area contributed by atoms with Crippen molar-refractivity contribution in [2.75, 3.05) is 53.3 Å². The summed E-state index contributed by atoms with van der Waals surface area (Å²) in [6.07, 6.45) is 1.90. The second kappa shape index (κ2) is 20.0. The Kier molecular flexibility index (Phi) is 14.1. The molecule has 0 bridgehead atoms. The van der Waals surface area contributed by atoms with Crippen LogP contribution in [-0.2, 0) is 40.5 Å². The van der Waals surface area contributed by atoms with Crippen molar-refractivity contribution in [3.63, 3.8) is 0 Å². The van der Waals surface area contributed by atoms with Crippen LogP contribution >= 0.6 is 0 Å². The number of aliphatic hydroxyl groups excluding tert-OH is 1. The maximum atomic E-state index is 13.6. The number of esters is 1. The number of aliphatic hydroxyl groups is 1. The summed E-state index contributed by atoms with van der Waals surface area (Å²) in [7, 11) is 1.32. The molecule has 0 unspecified atom stereocenters. The van der Waals surface area contributed by atoms with E-state index < -0.39 is 5.97 Å². The molecule has 4 aromatic carbocycles. The number of carbonyl (C=O) groups is 1. The van der Waals surface area contributed by atoms with Gasteiger partial charge in [-0.05, 0) is 59.7 Å². The summed E-state index contributed by atoms with van der Waals surface area (Å²) in [6, 6.07) is 31.2. The second-order valence-corrected chi connectivity index (χ2v) is 12.6. The Hall–Kier alpha value is -5.86. The fraction of sp³-hybridized carbons (Fsp3) is 0.286. The van der Waals surface area contributed by atoms with Crippen LogP contribution in [0, 0.1) is 0 Å². The molecule has 0 aliphatic carbocycles. The molecule has 0 radical (unpaired) electrons. The van der Waals surface area contributed by atoms with E-state index in [2.05, 4.69) is 27.3 Å². The molecule has 0 amide bonds. The van der Waals surface area contributed by atoms with E-state index in [-0.39, 0.29) is 30.2 Å². The fourth-order valence-electron chi connectivity index (χ4n) is 5.85. The highest BCUT2D eigenvalue weighted by Crippen LogP contribution is 2.32. The van der Waals surface area contributed by atoms with E-state index in [1.807, 2.05) is 24.4 Å². The molecule has 13 heteroatoms. The number of nitrogens with zero attached hydrogens (tertiary/aromatic N) is 4. The maximum absolute atomic E-state index is 13.6. The first-order valence-corrected chi connectivity index (χ1v) is 18.0. The highest BCUT2D eigenvalue weighted by molar-refractivity contribution is 5.89. The lowest BCUT2D eigenvalue weighted by molar-refractivity contribution is 0.0333. The Bertz CT molecular complexity index is 2170. The Balaban J connectivity index is 0.929. The molecule has 286 valence electrons. The third-order valence-corrected chi connectivity index (χ3v) is 8.57. The number of para-hydroxylation sites is 1. The first-order valence-electron chi connectivity index (χ1n) is 18.0. The minimum atomic E-state index is -0.459. The van der Waals surface area contributed by atoms with Gasteiger partial charge >= 0.3 is 5.97 Å². The van der Waals surface area contributed by atoms with Crippen LogP contribution in [0.5, 0.6) is 11.5 Å². The van der Waals surface area contributed by atoms with Gasteiger partial charge in [-0.1, -0.05) is 59.8 Å². The molecule has 2 heterocycles. The zero-order valence-electron chi connectivity index (χ0n) is 30.7. The zero-order valence-corrected chi connectivity index (χ0v) is 30.7. The van der Waals surface area contributed by atoms with Gasteiger partial charge in [0, 0.05) is 31.4 Å². The molecule has 6 rings (SSSR count). The van der Waals surface area contributed by atoms with Crippen LogP contribution in [0.1, 0.15) is 27.2 Å². The van der Waals surface area contributed by atoms with Crippen molar-refractivity contribution in [3.05, 3.63) is 142 Å². The van der Waals surface area contributed by atoms with Crippen molar-refractivity contribution >= 4 is 16.9 Å². The number of benzene rings is 4. The van der Waals surface area contributed by atoms with Crippen molar-refractivity contribution in [1.29, 1.82) is 0 Å². The zero-order chi connectivity index (χ0) is 38.2. The van der Waals surface area contributed by atoms with E-state index in [0.717, 1.165) is 12.2 Å². The molecule has 6 aromatic rings. The normalized spacial score (nSPS) is 11.3. The highest BCUT2D eigenvalue weighted by Gasteiger charge is 2.19. The van der Waals surface area contributed by atoms with Gasteiger partial charge in [-0.2, -0.15) is 0 Å². The molecule has 0 saturated heterocycles. The lowest BCUT2D eigenvalue weighted by Gasteiger charge is -2.20. The minimum absolute atomic E-state index is 0.0391. The molecule has 2 aromatic heterocycles. The van der Waals surface area contributed by atoms with E-state index in [1.54, 1.807) is 77.5 Å². The molecule has 55 heavy (non-hydrogen) atoms.